The van der Waals surface area contributed by atoms with Crippen LogP contribution in [0.1, 0.15) is 31.9 Å². The third kappa shape index (κ3) is 9.11. The number of nitrogens with zero attached hydrogens (tertiary/aromatic N) is 2. The zero-order chi connectivity index (χ0) is 33.1. The number of hydrogen-bond donors (Lipinski definition) is 1. The third-order valence-electron chi connectivity index (χ3n) is 7.30. The summed E-state index contributed by atoms with van der Waals surface area (Å²) in [5, 5.41) is 3.42. The minimum atomic E-state index is -4.22. The number of sulfonamides is 1. The number of halogens is 1. The number of anilines is 1. The molecule has 0 saturated heterocycles. The minimum absolute atomic E-state index is 0.000715. The van der Waals surface area contributed by atoms with Crippen LogP contribution in [0.4, 0.5) is 5.69 Å². The number of rotatable bonds is 15. The van der Waals surface area contributed by atoms with Crippen molar-refractivity contribution in [1.82, 2.24) is 10.2 Å². The van der Waals surface area contributed by atoms with Gasteiger partial charge in [0, 0.05) is 24.5 Å². The quantitative estimate of drug-likeness (QED) is 0.160. The van der Waals surface area contributed by atoms with Crippen molar-refractivity contribution in [3.05, 3.63) is 125 Å². The van der Waals surface area contributed by atoms with Crippen LogP contribution >= 0.6 is 11.6 Å². The number of carbonyl (C=O) groups is 2. The molecule has 4 rings (SSSR count). The van der Waals surface area contributed by atoms with Crippen LogP contribution in [0.3, 0.4) is 0 Å². The summed E-state index contributed by atoms with van der Waals surface area (Å²) in [5.41, 5.74) is 1.80. The van der Waals surface area contributed by atoms with Crippen molar-refractivity contribution in [2.24, 2.45) is 5.92 Å². The topological polar surface area (TPSA) is 96.0 Å². The summed E-state index contributed by atoms with van der Waals surface area (Å²) in [7, 11) is -4.22. The molecule has 46 heavy (non-hydrogen) atoms. The molecule has 4 aromatic carbocycles. The predicted molar refractivity (Wildman–Crippen MR) is 182 cm³/mol. The van der Waals surface area contributed by atoms with E-state index in [2.05, 4.69) is 5.32 Å². The van der Waals surface area contributed by atoms with Crippen LogP contribution < -0.4 is 14.4 Å². The van der Waals surface area contributed by atoms with E-state index >= 15 is 0 Å². The Morgan fingerprint density at radius 3 is 2.07 bits per heavy atom. The first-order chi connectivity index (χ1) is 22.1. The fraction of sp³-hybridized carbons (Fsp3) is 0.278. The molecule has 242 valence electrons. The minimum Gasteiger partial charge on any atom is -0.494 e. The monoisotopic (exact) mass is 661 g/mol. The van der Waals surface area contributed by atoms with Crippen LogP contribution in [0.15, 0.2) is 114 Å². The lowest BCUT2D eigenvalue weighted by Crippen LogP contribution is -2.53. The van der Waals surface area contributed by atoms with E-state index in [1.54, 1.807) is 60.7 Å². The Balaban J connectivity index is 1.78. The van der Waals surface area contributed by atoms with Crippen LogP contribution in [-0.2, 0) is 32.6 Å². The van der Waals surface area contributed by atoms with Crippen LogP contribution in [-0.4, -0.2) is 50.9 Å². The first-order valence-electron chi connectivity index (χ1n) is 15.2. The normalized spacial score (nSPS) is 11.9. The molecule has 0 saturated carbocycles. The second kappa shape index (κ2) is 16.3. The van der Waals surface area contributed by atoms with E-state index in [9.17, 15) is 18.0 Å². The summed E-state index contributed by atoms with van der Waals surface area (Å²) < 4.78 is 34.9. The number of nitrogens with one attached hydrogen (secondary N) is 1. The molecule has 0 spiro atoms. The molecule has 0 aliphatic carbocycles. The molecule has 0 unspecified atom stereocenters. The zero-order valence-electron chi connectivity index (χ0n) is 26.3. The third-order valence-corrected chi connectivity index (χ3v) is 9.46. The molecule has 0 aromatic heterocycles. The van der Waals surface area contributed by atoms with Gasteiger partial charge in [0.05, 0.1) is 17.2 Å². The highest BCUT2D eigenvalue weighted by atomic mass is 35.5. The fourth-order valence-electron chi connectivity index (χ4n) is 4.91. The van der Waals surface area contributed by atoms with Crippen molar-refractivity contribution in [1.29, 1.82) is 0 Å². The molecule has 0 fully saturated rings. The lowest BCUT2D eigenvalue weighted by molar-refractivity contribution is -0.140. The number of ether oxygens (including phenoxy) is 1. The molecule has 0 bridgehead atoms. The lowest BCUT2D eigenvalue weighted by Gasteiger charge is -2.34. The van der Waals surface area contributed by atoms with E-state index in [1.165, 1.54) is 17.0 Å². The van der Waals surface area contributed by atoms with Crippen molar-refractivity contribution in [2.75, 3.05) is 24.0 Å². The number of carbonyl (C=O) groups excluding carboxylic acids is 2. The van der Waals surface area contributed by atoms with Crippen molar-refractivity contribution in [3.63, 3.8) is 0 Å². The molecule has 2 amide bonds. The van der Waals surface area contributed by atoms with Crippen molar-refractivity contribution < 1.29 is 22.7 Å². The van der Waals surface area contributed by atoms with Gasteiger partial charge in [-0.2, -0.15) is 0 Å². The Labute approximate surface area is 277 Å². The number of para-hydroxylation sites is 1. The SMILES string of the molecule is CCOc1ccc(S(=O)(=O)N(CC(=O)N(Cc2ccccc2Cl)[C@H](Cc2ccccc2)C(=O)NCC(C)C)c2ccccc2)cc1. The van der Waals surface area contributed by atoms with Crippen molar-refractivity contribution in [3.8, 4) is 5.75 Å². The fourth-order valence-corrected chi connectivity index (χ4v) is 6.52. The Hall–Kier alpha value is -4.34. The second-order valence-electron chi connectivity index (χ2n) is 11.2. The maximum Gasteiger partial charge on any atom is 0.264 e. The summed E-state index contributed by atoms with van der Waals surface area (Å²) in [6, 6.07) is 30.1. The summed E-state index contributed by atoms with van der Waals surface area (Å²) in [6.07, 6.45) is 0.220. The molecule has 1 N–H and O–H groups in total. The van der Waals surface area contributed by atoms with Crippen LogP contribution in [0.5, 0.6) is 5.75 Å². The Morgan fingerprint density at radius 1 is 0.848 bits per heavy atom. The molecule has 0 aliphatic heterocycles. The van der Waals surface area contributed by atoms with Gasteiger partial charge in [-0.15, -0.1) is 0 Å². The molecule has 8 nitrogen and oxygen atoms in total. The van der Waals surface area contributed by atoms with E-state index in [0.29, 0.717) is 35.2 Å². The summed E-state index contributed by atoms with van der Waals surface area (Å²) in [6.45, 7) is 6.12. The lowest BCUT2D eigenvalue weighted by atomic mass is 10.0. The molecule has 1 atom stereocenters. The Morgan fingerprint density at radius 2 is 1.46 bits per heavy atom. The predicted octanol–water partition coefficient (Wildman–Crippen LogP) is 6.35. The Bertz CT molecular complexity index is 1680. The van der Waals surface area contributed by atoms with Crippen LogP contribution in [0.25, 0.3) is 0 Å². The van der Waals surface area contributed by atoms with Gasteiger partial charge < -0.3 is 15.0 Å². The first kappa shape index (κ1) is 34.5. The summed E-state index contributed by atoms with van der Waals surface area (Å²) in [5.74, 6) is -0.176. The standard InChI is InChI=1S/C36H40ClN3O5S/c1-4-45-31-19-21-32(22-20-31)46(43,44)40(30-16-9-6-10-17-30)26-35(41)39(25-29-15-11-12-18-33(29)37)34(36(42)38-24-27(2)3)23-28-13-7-5-8-14-28/h5-22,27,34H,4,23-26H2,1-3H3,(H,38,42)/t34-/m1/s1. The zero-order valence-corrected chi connectivity index (χ0v) is 27.9. The van der Waals surface area contributed by atoms with E-state index in [0.717, 1.165) is 9.87 Å². The average Bonchev–Trinajstić information content (AvgIpc) is 3.06. The summed E-state index contributed by atoms with van der Waals surface area (Å²) >= 11 is 6.55. The smallest absolute Gasteiger partial charge is 0.264 e. The van der Waals surface area contributed by atoms with Gasteiger partial charge in [0.2, 0.25) is 11.8 Å². The highest BCUT2D eigenvalue weighted by molar-refractivity contribution is 7.92. The van der Waals surface area contributed by atoms with Crippen molar-refractivity contribution in [2.45, 2.75) is 44.7 Å². The maximum atomic E-state index is 14.5. The van der Waals surface area contributed by atoms with Crippen LogP contribution in [0.2, 0.25) is 5.02 Å². The average molecular weight is 662 g/mol. The molecule has 4 aromatic rings. The molecular formula is C36H40ClN3O5S. The largest absolute Gasteiger partial charge is 0.494 e. The highest BCUT2D eigenvalue weighted by Crippen LogP contribution is 2.27. The van der Waals surface area contributed by atoms with Gasteiger partial charge in [-0.1, -0.05) is 92.2 Å². The van der Waals surface area contributed by atoms with Gasteiger partial charge in [0.1, 0.15) is 18.3 Å². The van der Waals surface area contributed by atoms with E-state index in [-0.39, 0.29) is 29.7 Å². The van der Waals surface area contributed by atoms with Gasteiger partial charge in [-0.25, -0.2) is 8.42 Å². The van der Waals surface area contributed by atoms with E-state index in [4.69, 9.17) is 16.3 Å². The maximum absolute atomic E-state index is 14.5. The highest BCUT2D eigenvalue weighted by Gasteiger charge is 2.35. The number of amides is 2. The Kier molecular flexibility index (Phi) is 12.2. The first-order valence-corrected chi connectivity index (χ1v) is 17.1. The second-order valence-corrected chi connectivity index (χ2v) is 13.5. The molecule has 0 aliphatic rings. The van der Waals surface area contributed by atoms with E-state index in [1.807, 2.05) is 57.2 Å². The van der Waals surface area contributed by atoms with Gasteiger partial charge >= 0.3 is 0 Å². The van der Waals surface area contributed by atoms with Crippen molar-refractivity contribution >= 4 is 39.1 Å². The molecule has 10 heteroatoms. The van der Waals surface area contributed by atoms with Gasteiger partial charge in [-0.3, -0.25) is 13.9 Å². The van der Waals surface area contributed by atoms with Gasteiger partial charge in [0.15, 0.2) is 0 Å². The molecular weight excluding hydrogens is 622 g/mol. The molecule has 0 heterocycles. The van der Waals surface area contributed by atoms with Gasteiger partial charge in [0.25, 0.3) is 10.0 Å². The molecule has 0 radical (unpaired) electrons. The number of hydrogen-bond acceptors (Lipinski definition) is 5. The van der Waals surface area contributed by atoms with E-state index < -0.39 is 28.5 Å². The van der Waals surface area contributed by atoms with Crippen LogP contribution in [0, 0.1) is 5.92 Å². The number of benzene rings is 4. The van der Waals surface area contributed by atoms with Gasteiger partial charge in [-0.05, 0) is 66.4 Å². The summed E-state index contributed by atoms with van der Waals surface area (Å²) in [4.78, 5) is 29.8.